The van der Waals surface area contributed by atoms with Gasteiger partial charge in [-0.3, -0.25) is 9.69 Å². The molecule has 0 aromatic heterocycles. The largest absolute Gasteiger partial charge is 0.484 e. The number of hydrogen-bond donors (Lipinski definition) is 1. The maximum absolute atomic E-state index is 12.0. The van der Waals surface area contributed by atoms with Crippen LogP contribution in [0.4, 0.5) is 0 Å². The number of halogens is 1. The molecule has 1 N–H and O–H groups in total. The van der Waals surface area contributed by atoms with Gasteiger partial charge in [-0.25, -0.2) is 0 Å². The third-order valence-electron chi connectivity index (χ3n) is 4.76. The minimum absolute atomic E-state index is 0.0286. The van der Waals surface area contributed by atoms with E-state index < -0.39 is 0 Å². The first-order chi connectivity index (χ1) is 11.2. The van der Waals surface area contributed by atoms with Gasteiger partial charge in [-0.1, -0.05) is 11.6 Å². The molecule has 2 fully saturated rings. The lowest BCUT2D eigenvalue weighted by molar-refractivity contribution is -0.125. The zero-order valence-electron chi connectivity index (χ0n) is 13.2. The summed E-state index contributed by atoms with van der Waals surface area (Å²) in [6.45, 7) is 4.20. The summed E-state index contributed by atoms with van der Waals surface area (Å²) in [5.74, 6) is 0.565. The molecule has 1 aliphatic carbocycles. The van der Waals surface area contributed by atoms with Gasteiger partial charge >= 0.3 is 0 Å². The average molecular weight is 339 g/mol. The summed E-state index contributed by atoms with van der Waals surface area (Å²) < 4.78 is 10.9. The van der Waals surface area contributed by atoms with Crippen molar-refractivity contribution in [3.63, 3.8) is 0 Å². The molecule has 1 aromatic carbocycles. The lowest BCUT2D eigenvalue weighted by atomic mass is 9.75. The van der Waals surface area contributed by atoms with Gasteiger partial charge in [0.2, 0.25) is 0 Å². The Morgan fingerprint density at radius 3 is 2.57 bits per heavy atom. The normalized spacial score (nSPS) is 20.6. The lowest BCUT2D eigenvalue weighted by Gasteiger charge is -2.51. The fourth-order valence-corrected chi connectivity index (χ4v) is 3.35. The van der Waals surface area contributed by atoms with E-state index in [1.54, 1.807) is 24.3 Å². The van der Waals surface area contributed by atoms with Crippen LogP contribution in [0.5, 0.6) is 5.75 Å². The van der Waals surface area contributed by atoms with E-state index >= 15 is 0 Å². The minimum atomic E-state index is -0.0838. The van der Waals surface area contributed by atoms with Crippen molar-refractivity contribution in [1.82, 2.24) is 10.2 Å². The molecule has 0 unspecified atom stereocenters. The number of carbonyl (C=O) groups is 1. The zero-order chi connectivity index (χ0) is 16.1. The van der Waals surface area contributed by atoms with E-state index in [1.165, 1.54) is 6.42 Å². The van der Waals surface area contributed by atoms with Gasteiger partial charge in [0.25, 0.3) is 5.91 Å². The van der Waals surface area contributed by atoms with E-state index in [2.05, 4.69) is 10.2 Å². The molecule has 0 bridgehead atoms. The van der Waals surface area contributed by atoms with Crippen molar-refractivity contribution in [1.29, 1.82) is 0 Å². The smallest absolute Gasteiger partial charge is 0.258 e. The predicted molar refractivity (Wildman–Crippen MR) is 88.9 cm³/mol. The van der Waals surface area contributed by atoms with Crippen LogP contribution in [-0.4, -0.2) is 55.8 Å². The fraction of sp³-hybridized carbons (Fsp3) is 0.588. The molecule has 0 radical (unpaired) electrons. The molecule has 2 aliphatic rings. The molecule has 3 rings (SSSR count). The van der Waals surface area contributed by atoms with Crippen molar-refractivity contribution in [2.45, 2.75) is 24.8 Å². The van der Waals surface area contributed by atoms with Crippen molar-refractivity contribution in [2.75, 3.05) is 39.5 Å². The van der Waals surface area contributed by atoms with Crippen LogP contribution in [0.1, 0.15) is 19.3 Å². The van der Waals surface area contributed by atoms with Crippen LogP contribution in [0.15, 0.2) is 24.3 Å². The highest BCUT2D eigenvalue weighted by Crippen LogP contribution is 2.37. The summed E-state index contributed by atoms with van der Waals surface area (Å²) in [7, 11) is 0. The van der Waals surface area contributed by atoms with Crippen molar-refractivity contribution in [3.8, 4) is 5.75 Å². The standard InChI is InChI=1S/C17H23ClN2O3/c18-14-2-4-15(5-3-14)23-12-16(21)19-13-17(6-1-7-17)20-8-10-22-11-9-20/h2-5H,1,6-13H2,(H,19,21). The summed E-state index contributed by atoms with van der Waals surface area (Å²) in [4.78, 5) is 14.5. The summed E-state index contributed by atoms with van der Waals surface area (Å²) in [6.07, 6.45) is 3.52. The number of carbonyl (C=O) groups excluding carboxylic acids is 1. The molecule has 1 saturated heterocycles. The maximum Gasteiger partial charge on any atom is 0.258 e. The molecule has 23 heavy (non-hydrogen) atoms. The molecular weight excluding hydrogens is 316 g/mol. The second kappa shape index (κ2) is 7.51. The quantitative estimate of drug-likeness (QED) is 0.863. The molecule has 1 heterocycles. The summed E-state index contributed by atoms with van der Waals surface area (Å²) >= 11 is 5.82. The van der Waals surface area contributed by atoms with Crippen LogP contribution in [-0.2, 0) is 9.53 Å². The van der Waals surface area contributed by atoms with Crippen LogP contribution >= 0.6 is 11.6 Å². The van der Waals surface area contributed by atoms with Gasteiger partial charge in [0, 0.05) is 30.2 Å². The van der Waals surface area contributed by atoms with Crippen LogP contribution in [0.3, 0.4) is 0 Å². The van der Waals surface area contributed by atoms with E-state index in [0.717, 1.165) is 39.1 Å². The number of morpholine rings is 1. The van der Waals surface area contributed by atoms with Gasteiger partial charge < -0.3 is 14.8 Å². The lowest BCUT2D eigenvalue weighted by Crippen LogP contribution is -2.62. The second-order valence-electron chi connectivity index (χ2n) is 6.20. The first-order valence-electron chi connectivity index (χ1n) is 8.16. The Balaban J connectivity index is 1.45. The van der Waals surface area contributed by atoms with E-state index in [-0.39, 0.29) is 18.1 Å². The molecular formula is C17H23ClN2O3. The van der Waals surface area contributed by atoms with Gasteiger partial charge in [0.05, 0.1) is 13.2 Å². The van der Waals surface area contributed by atoms with Crippen molar-refractivity contribution >= 4 is 17.5 Å². The van der Waals surface area contributed by atoms with Crippen LogP contribution in [0.25, 0.3) is 0 Å². The molecule has 1 aromatic rings. The molecule has 1 aliphatic heterocycles. The Morgan fingerprint density at radius 1 is 1.26 bits per heavy atom. The van der Waals surface area contributed by atoms with Crippen molar-refractivity contribution in [2.24, 2.45) is 0 Å². The maximum atomic E-state index is 12.0. The van der Waals surface area contributed by atoms with Crippen molar-refractivity contribution < 1.29 is 14.3 Å². The Labute approximate surface area is 141 Å². The highest BCUT2D eigenvalue weighted by Gasteiger charge is 2.42. The summed E-state index contributed by atoms with van der Waals surface area (Å²) in [5, 5.41) is 3.68. The van der Waals surface area contributed by atoms with Gasteiger partial charge in [-0.05, 0) is 43.5 Å². The Kier molecular flexibility index (Phi) is 5.41. The minimum Gasteiger partial charge on any atom is -0.484 e. The number of amides is 1. The van der Waals surface area contributed by atoms with E-state index in [9.17, 15) is 4.79 Å². The van der Waals surface area contributed by atoms with Gasteiger partial charge in [-0.2, -0.15) is 0 Å². The second-order valence-corrected chi connectivity index (χ2v) is 6.63. The molecule has 0 spiro atoms. The number of ether oxygens (including phenoxy) is 2. The molecule has 6 heteroatoms. The first-order valence-corrected chi connectivity index (χ1v) is 8.54. The Bertz CT molecular complexity index is 525. The van der Waals surface area contributed by atoms with Crippen LogP contribution < -0.4 is 10.1 Å². The van der Waals surface area contributed by atoms with Gasteiger partial charge in [-0.15, -0.1) is 0 Å². The van der Waals surface area contributed by atoms with E-state index in [0.29, 0.717) is 17.3 Å². The average Bonchev–Trinajstić information content (AvgIpc) is 2.54. The highest BCUT2D eigenvalue weighted by atomic mass is 35.5. The molecule has 0 atom stereocenters. The Hall–Kier alpha value is -1.30. The number of nitrogens with zero attached hydrogens (tertiary/aromatic N) is 1. The highest BCUT2D eigenvalue weighted by molar-refractivity contribution is 6.30. The zero-order valence-corrected chi connectivity index (χ0v) is 14.0. The van der Waals surface area contributed by atoms with Crippen LogP contribution in [0.2, 0.25) is 5.02 Å². The molecule has 126 valence electrons. The molecule has 1 amide bonds. The number of nitrogens with one attached hydrogen (secondary N) is 1. The summed E-state index contributed by atoms with van der Waals surface area (Å²) in [6, 6.07) is 7.01. The van der Waals surface area contributed by atoms with Crippen molar-refractivity contribution in [3.05, 3.63) is 29.3 Å². The number of rotatable bonds is 6. The van der Waals surface area contributed by atoms with Gasteiger partial charge in [0.15, 0.2) is 6.61 Å². The summed E-state index contributed by atoms with van der Waals surface area (Å²) in [5.41, 5.74) is 0.125. The Morgan fingerprint density at radius 2 is 1.96 bits per heavy atom. The van der Waals surface area contributed by atoms with Gasteiger partial charge in [0.1, 0.15) is 5.75 Å². The van der Waals surface area contributed by atoms with E-state index in [4.69, 9.17) is 21.1 Å². The third kappa shape index (κ3) is 4.16. The van der Waals surface area contributed by atoms with Crippen LogP contribution in [0, 0.1) is 0 Å². The molecule has 1 saturated carbocycles. The predicted octanol–water partition coefficient (Wildman–Crippen LogP) is 2.09. The number of benzene rings is 1. The third-order valence-corrected chi connectivity index (χ3v) is 5.02. The topological polar surface area (TPSA) is 50.8 Å². The SMILES string of the molecule is O=C(COc1ccc(Cl)cc1)NCC1(N2CCOCC2)CCC1. The first kappa shape index (κ1) is 16.6. The number of hydrogen-bond acceptors (Lipinski definition) is 4. The monoisotopic (exact) mass is 338 g/mol. The fourth-order valence-electron chi connectivity index (χ4n) is 3.22. The van der Waals surface area contributed by atoms with E-state index in [1.807, 2.05) is 0 Å². The molecule has 5 nitrogen and oxygen atoms in total.